The molecule has 1 heterocycles. The Kier molecular flexibility index (Phi) is 2.87. The van der Waals surface area contributed by atoms with Crippen LogP contribution in [0.4, 0.5) is 0 Å². The highest BCUT2D eigenvalue weighted by atomic mass is 32.2. The van der Waals surface area contributed by atoms with Crippen LogP contribution in [-0.4, -0.2) is 35.9 Å². The van der Waals surface area contributed by atoms with E-state index in [-0.39, 0.29) is 16.9 Å². The average molecular weight is 281 g/mol. The molecule has 1 saturated carbocycles. The van der Waals surface area contributed by atoms with Crippen LogP contribution in [-0.2, 0) is 14.8 Å². The number of benzene rings is 1. The third-order valence-electron chi connectivity index (χ3n) is 4.10. The Morgan fingerprint density at radius 1 is 1.21 bits per heavy atom. The molecule has 2 fully saturated rings. The fourth-order valence-electron chi connectivity index (χ4n) is 3.31. The first-order valence-corrected chi connectivity index (χ1v) is 7.77. The molecule has 1 aliphatic carbocycles. The van der Waals surface area contributed by atoms with Crippen molar-refractivity contribution >= 4 is 16.0 Å². The van der Waals surface area contributed by atoms with Gasteiger partial charge in [0, 0.05) is 6.04 Å². The van der Waals surface area contributed by atoms with Crippen molar-refractivity contribution in [2.24, 2.45) is 5.92 Å². The number of carbonyl (C=O) groups is 1. The molecule has 1 N–H and O–H groups in total. The van der Waals surface area contributed by atoms with Gasteiger partial charge in [0.15, 0.2) is 0 Å². The Labute approximate surface area is 111 Å². The van der Waals surface area contributed by atoms with Gasteiger partial charge in [-0.2, -0.15) is 4.31 Å². The number of aliphatic carboxylic acids is 1. The second-order valence-corrected chi connectivity index (χ2v) is 7.00. The number of piperidine rings is 1. The van der Waals surface area contributed by atoms with E-state index in [0.717, 1.165) is 12.8 Å². The summed E-state index contributed by atoms with van der Waals surface area (Å²) < 4.78 is 26.4. The SMILES string of the molecule is O=C(O)[C@@H]1[C@H]2CC[C@@H](C2)N1S(=O)(=O)c1ccccc1. The normalized spacial score (nSPS) is 30.6. The molecular formula is C13H15NO4S. The summed E-state index contributed by atoms with van der Waals surface area (Å²) in [7, 11) is -3.71. The van der Waals surface area contributed by atoms with Gasteiger partial charge in [-0.25, -0.2) is 8.42 Å². The lowest BCUT2D eigenvalue weighted by Gasteiger charge is -2.31. The third-order valence-corrected chi connectivity index (χ3v) is 6.05. The quantitative estimate of drug-likeness (QED) is 0.906. The average Bonchev–Trinajstić information content (AvgIpc) is 3.00. The first-order valence-electron chi connectivity index (χ1n) is 6.33. The summed E-state index contributed by atoms with van der Waals surface area (Å²) in [4.78, 5) is 11.5. The van der Waals surface area contributed by atoms with Crippen molar-refractivity contribution in [3.05, 3.63) is 30.3 Å². The summed E-state index contributed by atoms with van der Waals surface area (Å²) in [6.07, 6.45) is 2.24. The van der Waals surface area contributed by atoms with E-state index < -0.39 is 22.0 Å². The van der Waals surface area contributed by atoms with E-state index >= 15 is 0 Å². The van der Waals surface area contributed by atoms with Gasteiger partial charge in [-0.05, 0) is 37.3 Å². The van der Waals surface area contributed by atoms with Crippen LogP contribution >= 0.6 is 0 Å². The molecule has 3 rings (SSSR count). The van der Waals surface area contributed by atoms with Crippen LogP contribution in [0.5, 0.6) is 0 Å². The standard InChI is InChI=1S/C13H15NO4S/c15-13(16)12-9-6-7-10(8-9)14(12)19(17,18)11-4-2-1-3-5-11/h1-5,9-10,12H,6-8H2,(H,15,16)/t9-,10-,12-/m0/s1. The number of carboxylic acid groups (broad SMARTS) is 1. The number of sulfonamides is 1. The van der Waals surface area contributed by atoms with Crippen molar-refractivity contribution in [1.82, 2.24) is 4.31 Å². The first kappa shape index (κ1) is 12.6. The fourth-order valence-corrected chi connectivity index (χ4v) is 5.20. The number of fused-ring (bicyclic) bond motifs is 2. The van der Waals surface area contributed by atoms with Crippen molar-refractivity contribution < 1.29 is 18.3 Å². The zero-order valence-electron chi connectivity index (χ0n) is 10.3. The summed E-state index contributed by atoms with van der Waals surface area (Å²) in [5, 5.41) is 9.31. The minimum atomic E-state index is -3.71. The molecule has 0 aromatic heterocycles. The Bertz CT molecular complexity index is 598. The van der Waals surface area contributed by atoms with E-state index in [1.165, 1.54) is 16.4 Å². The van der Waals surface area contributed by atoms with Gasteiger partial charge in [0.2, 0.25) is 10.0 Å². The Morgan fingerprint density at radius 2 is 1.89 bits per heavy atom. The summed E-state index contributed by atoms with van der Waals surface area (Å²) in [5.74, 6) is -1.08. The van der Waals surface area contributed by atoms with Gasteiger partial charge in [-0.3, -0.25) is 4.79 Å². The smallest absolute Gasteiger partial charge is 0.322 e. The predicted octanol–water partition coefficient (Wildman–Crippen LogP) is 1.31. The van der Waals surface area contributed by atoms with Crippen LogP contribution in [0.1, 0.15) is 19.3 Å². The van der Waals surface area contributed by atoms with Crippen molar-refractivity contribution in [2.45, 2.75) is 36.2 Å². The third kappa shape index (κ3) is 1.86. The van der Waals surface area contributed by atoms with Crippen molar-refractivity contribution in [2.75, 3.05) is 0 Å². The second kappa shape index (κ2) is 4.31. The molecule has 1 saturated heterocycles. The van der Waals surface area contributed by atoms with Crippen molar-refractivity contribution in [3.8, 4) is 0 Å². The Hall–Kier alpha value is -1.40. The van der Waals surface area contributed by atoms with E-state index in [1.807, 2.05) is 0 Å². The molecule has 1 aromatic rings. The molecule has 1 aromatic carbocycles. The maximum atomic E-state index is 12.6. The van der Waals surface area contributed by atoms with Gasteiger partial charge in [0.25, 0.3) is 0 Å². The molecule has 5 nitrogen and oxygen atoms in total. The van der Waals surface area contributed by atoms with Crippen LogP contribution in [0.15, 0.2) is 35.2 Å². The zero-order valence-corrected chi connectivity index (χ0v) is 11.1. The monoisotopic (exact) mass is 281 g/mol. The van der Waals surface area contributed by atoms with Crippen LogP contribution in [0, 0.1) is 5.92 Å². The Morgan fingerprint density at radius 3 is 2.53 bits per heavy atom. The zero-order chi connectivity index (χ0) is 13.6. The van der Waals surface area contributed by atoms with Crippen LogP contribution in [0.3, 0.4) is 0 Å². The maximum Gasteiger partial charge on any atom is 0.322 e. The molecule has 1 aliphatic heterocycles. The largest absolute Gasteiger partial charge is 0.480 e. The molecule has 2 bridgehead atoms. The minimum Gasteiger partial charge on any atom is -0.480 e. The van der Waals surface area contributed by atoms with Gasteiger partial charge < -0.3 is 5.11 Å². The number of hydrogen-bond donors (Lipinski definition) is 1. The summed E-state index contributed by atoms with van der Waals surface area (Å²) in [5.41, 5.74) is 0. The summed E-state index contributed by atoms with van der Waals surface area (Å²) in [6, 6.07) is 7.01. The topological polar surface area (TPSA) is 74.7 Å². The lowest BCUT2D eigenvalue weighted by Crippen LogP contribution is -2.48. The van der Waals surface area contributed by atoms with Gasteiger partial charge >= 0.3 is 5.97 Å². The number of carboxylic acids is 1. The summed E-state index contributed by atoms with van der Waals surface area (Å²) in [6.45, 7) is 0. The highest BCUT2D eigenvalue weighted by Gasteiger charge is 2.54. The molecular weight excluding hydrogens is 266 g/mol. The van der Waals surface area contributed by atoms with Crippen LogP contribution in [0.2, 0.25) is 0 Å². The van der Waals surface area contributed by atoms with Crippen LogP contribution in [0.25, 0.3) is 0 Å². The van der Waals surface area contributed by atoms with Crippen molar-refractivity contribution in [3.63, 3.8) is 0 Å². The van der Waals surface area contributed by atoms with Gasteiger partial charge in [-0.1, -0.05) is 18.2 Å². The van der Waals surface area contributed by atoms with Crippen molar-refractivity contribution in [1.29, 1.82) is 0 Å². The lowest BCUT2D eigenvalue weighted by atomic mass is 10.0. The second-order valence-electron chi connectivity index (χ2n) is 5.16. The van der Waals surface area contributed by atoms with Gasteiger partial charge in [0.05, 0.1) is 4.90 Å². The van der Waals surface area contributed by atoms with E-state index in [0.29, 0.717) is 6.42 Å². The van der Waals surface area contributed by atoms with E-state index in [2.05, 4.69) is 0 Å². The predicted molar refractivity (Wildman–Crippen MR) is 68.0 cm³/mol. The molecule has 0 unspecified atom stereocenters. The minimum absolute atomic E-state index is 0.0408. The molecule has 0 amide bonds. The van der Waals surface area contributed by atoms with E-state index in [4.69, 9.17) is 0 Å². The molecule has 3 atom stereocenters. The van der Waals surface area contributed by atoms with Gasteiger partial charge in [0.1, 0.15) is 6.04 Å². The molecule has 6 heteroatoms. The maximum absolute atomic E-state index is 12.6. The highest BCUT2D eigenvalue weighted by Crippen LogP contribution is 2.45. The summed E-state index contributed by atoms with van der Waals surface area (Å²) >= 11 is 0. The molecule has 0 radical (unpaired) electrons. The number of rotatable bonds is 3. The molecule has 19 heavy (non-hydrogen) atoms. The fraction of sp³-hybridized carbons (Fsp3) is 0.462. The lowest BCUT2D eigenvalue weighted by molar-refractivity contribution is -0.142. The molecule has 102 valence electrons. The van der Waals surface area contributed by atoms with E-state index in [1.54, 1.807) is 18.2 Å². The Balaban J connectivity index is 2.03. The van der Waals surface area contributed by atoms with Crippen LogP contribution < -0.4 is 0 Å². The van der Waals surface area contributed by atoms with Gasteiger partial charge in [-0.15, -0.1) is 0 Å². The molecule has 0 spiro atoms. The number of hydrogen-bond acceptors (Lipinski definition) is 3. The highest BCUT2D eigenvalue weighted by molar-refractivity contribution is 7.89. The van der Waals surface area contributed by atoms with E-state index in [9.17, 15) is 18.3 Å². The molecule has 2 aliphatic rings. The first-order chi connectivity index (χ1) is 9.01. The number of nitrogens with zero attached hydrogens (tertiary/aromatic N) is 1.